The quantitative estimate of drug-likeness (QED) is 0.0247. The Kier molecular flexibility index (Phi) is 24.8. The van der Waals surface area contributed by atoms with Crippen LogP contribution in [0.4, 0.5) is 35.1 Å². The smallest absolute Gasteiger partial charge is 0.403 e. The molecule has 12 heterocycles. The van der Waals surface area contributed by atoms with E-state index in [2.05, 4.69) is 53.6 Å². The summed E-state index contributed by atoms with van der Waals surface area (Å²) in [5.41, 5.74) is -0.294. The van der Waals surface area contributed by atoms with Crippen LogP contribution in [0.15, 0.2) is 117 Å². The van der Waals surface area contributed by atoms with Gasteiger partial charge in [-0.2, -0.15) is 0 Å². The predicted molar refractivity (Wildman–Crippen MR) is 408 cm³/mol. The number of alkyl halides is 4. The van der Waals surface area contributed by atoms with Crippen LogP contribution < -0.4 is 40.9 Å². The molecule has 8 aliphatic rings. The van der Waals surface area contributed by atoms with Crippen LogP contribution in [0.5, 0.6) is 23.0 Å². The van der Waals surface area contributed by atoms with Crippen LogP contribution in [0.25, 0.3) is 0 Å². The molecule has 40 nitrogen and oxygen atoms in total. The number of aliphatic hydroxyl groups excluding tert-OH is 8. The molecule has 12 N–H and O–H groups in total. The van der Waals surface area contributed by atoms with Crippen molar-refractivity contribution in [3.05, 3.63) is 226 Å². The van der Waals surface area contributed by atoms with Gasteiger partial charge >= 0.3 is 54.0 Å². The molecule has 4 aromatic heterocycles. The molecule has 4 saturated heterocycles. The number of ether oxygens (including phenoxy) is 4. The maximum Gasteiger partial charge on any atom is 0.530 e. The van der Waals surface area contributed by atoms with Gasteiger partial charge in [-0.25, -0.2) is 72.6 Å². The van der Waals surface area contributed by atoms with Gasteiger partial charge in [0, 0.05) is 22.3 Å². The maximum atomic E-state index is 15.8. The first-order valence-corrected chi connectivity index (χ1v) is 42.6. The van der Waals surface area contributed by atoms with Crippen LogP contribution in [0.2, 0.25) is 0 Å². The Morgan fingerprint density at radius 3 is 0.968 bits per heavy atom. The lowest BCUT2D eigenvalue weighted by Gasteiger charge is -2.29. The standard InChI is InChI=1S/4C17H17F2N2O8PS/c4*1-8-3-2-4-9-6-26-30(25,29-12(8)9)27-7-17(19)13(23)11(22)15(28-17)21-5-10(18)14(31)20-16(21)24/h4*2-5,11,13,15,22-23H,6-7H2,1H3,(H,20,24,31)/t4*11-,13+,15-,17-,30?/m1111/s1/i7D2,15D;15D;7D2;. The SMILES string of the molecule is Cc1cccc2c1OP(=O)(OC[C@@]1(F)O[C@@H](n3cc(F)c(=S)[nH]c3=O)[C@H](O)[C@@H]1O)OC2.[2H]C([2H])(OP1(=O)OCc2cccc(C)c2O1)[C@@]1(F)O[C@@H](n2cc(F)c(=S)[nH]c2=O)[C@H](O)[C@@H]1O.[2H]C([2H])(OP1(=O)OCc2cccc(C)c2O1)[C@@]1(F)O[C@@]([2H])(n2cc(F)c(=S)[nH]c2=O)[C@H](O)[C@@H]1O.[2H][C@@]1(n2cc(F)c(=S)[nH]c2=O)O[C@](F)(COP2(=O)OCc3cccc(C)c3O2)[C@@H](O)[C@H]1O. The average Bonchev–Trinajstić information content (AvgIpc) is 1.55. The third-order valence-electron chi connectivity index (χ3n) is 18.7. The number of hydrogen-bond donors (Lipinski definition) is 12. The zero-order chi connectivity index (χ0) is 95.6. The summed E-state index contributed by atoms with van der Waals surface area (Å²) in [7, 11) is -18.3. The fourth-order valence-corrected chi connectivity index (χ4v) is 17.7. The second-order valence-electron chi connectivity index (χ2n) is 27.3. The number of para-hydroxylation sites is 4. The van der Waals surface area contributed by atoms with Crippen molar-refractivity contribution < 1.29 is 176 Å². The highest BCUT2D eigenvalue weighted by atomic mass is 32.1. The lowest BCUT2D eigenvalue weighted by Crippen LogP contribution is -2.43. The van der Waals surface area contributed by atoms with E-state index < -0.39 is 219 Å². The predicted octanol–water partition coefficient (Wildman–Crippen LogP) is 8.01. The second kappa shape index (κ2) is 35.9. The number of nitrogens with zero attached hydrogens (tertiary/aromatic N) is 4. The van der Waals surface area contributed by atoms with Crippen molar-refractivity contribution in [1.82, 2.24) is 38.2 Å². The molecule has 0 bridgehead atoms. The number of hydrogen-bond acceptors (Lipinski definition) is 36. The Balaban J connectivity index is 0.000000148. The Labute approximate surface area is 717 Å². The molecule has 0 spiro atoms. The summed E-state index contributed by atoms with van der Waals surface area (Å²) in [5, 5.41) is 81.8. The van der Waals surface area contributed by atoms with Gasteiger partial charge in [0.05, 0.1) is 59.4 Å². The first-order valence-electron chi connectivity index (χ1n) is 38.2. The van der Waals surface area contributed by atoms with E-state index in [0.29, 0.717) is 78.4 Å². The normalized spacial score (nSPS) is 34.6. The number of rotatable bonds is 16. The third kappa shape index (κ3) is 19.1. The molecule has 0 amide bonds. The first-order chi connectivity index (χ1) is 60.3. The molecule has 124 heavy (non-hydrogen) atoms. The van der Waals surface area contributed by atoms with Crippen molar-refractivity contribution >= 4 is 80.2 Å². The molecule has 8 aromatic rings. The number of fused-ring (bicyclic) bond motifs is 4. The van der Waals surface area contributed by atoms with Gasteiger partial charge in [-0.3, -0.25) is 74.4 Å². The van der Waals surface area contributed by atoms with Crippen molar-refractivity contribution in [3.63, 3.8) is 0 Å². The molecule has 4 fully saturated rings. The number of H-pyrrole nitrogens is 4. The molecule has 0 radical (unpaired) electrons. The minimum atomic E-state index is -4.87. The number of benzene rings is 4. The largest absolute Gasteiger partial charge is 0.530 e. The highest BCUT2D eigenvalue weighted by molar-refractivity contribution is 7.72. The summed E-state index contributed by atoms with van der Waals surface area (Å²) in [6, 6.07) is 20.0. The van der Waals surface area contributed by atoms with Crippen LogP contribution >= 0.6 is 80.2 Å². The Bertz CT molecular complexity index is 6570. The number of nitrogens with one attached hydrogen (secondary N) is 4. The van der Waals surface area contributed by atoms with Gasteiger partial charge in [0.25, 0.3) is 23.4 Å². The number of aromatic nitrogens is 8. The molecule has 0 saturated carbocycles. The van der Waals surface area contributed by atoms with Crippen molar-refractivity contribution in [2.45, 2.75) is 151 Å². The van der Waals surface area contributed by atoms with Gasteiger partial charge in [-0.1, -0.05) is 122 Å². The van der Waals surface area contributed by atoms with E-state index in [1.165, 1.54) is 0 Å². The van der Waals surface area contributed by atoms with E-state index in [9.17, 15) is 95.9 Å². The zero-order valence-electron chi connectivity index (χ0n) is 68.9. The molecule has 16 rings (SSSR count). The lowest BCUT2D eigenvalue weighted by molar-refractivity contribution is -0.205. The minimum Gasteiger partial charge on any atom is -0.403 e. The Morgan fingerprint density at radius 1 is 0.403 bits per heavy atom. The summed E-state index contributed by atoms with van der Waals surface area (Å²) in [6.45, 7) is -4.49. The lowest BCUT2D eigenvalue weighted by atomic mass is 10.1. The van der Waals surface area contributed by atoms with Crippen LogP contribution in [-0.2, 0) is 99.8 Å². The van der Waals surface area contributed by atoms with E-state index in [1.54, 1.807) is 100 Å². The average molecular weight is 1920 g/mol. The summed E-state index contributed by atoms with van der Waals surface area (Å²) in [4.78, 5) is 56.0. The summed E-state index contributed by atoms with van der Waals surface area (Å²) < 4.78 is 296. The van der Waals surface area contributed by atoms with Gasteiger partial charge in [-0.05, 0) is 49.9 Å². The number of phosphoric acid groups is 4. The highest BCUT2D eigenvalue weighted by Crippen LogP contribution is 2.61. The van der Waals surface area contributed by atoms with Gasteiger partial charge in [0.1, 0.15) is 117 Å². The molecule has 56 heteroatoms. The fraction of sp³-hybridized carbons (Fsp3) is 0.412. The van der Waals surface area contributed by atoms with Crippen LogP contribution in [-0.4, -0.2) is 178 Å². The molecule has 20 atom stereocenters. The minimum absolute atomic E-state index is 0.0265. The van der Waals surface area contributed by atoms with Gasteiger partial charge in [0.2, 0.25) is 0 Å². The maximum absolute atomic E-state index is 15.8. The van der Waals surface area contributed by atoms with Gasteiger partial charge in [-0.15, -0.1) is 0 Å². The van der Waals surface area contributed by atoms with Crippen molar-refractivity contribution in [1.29, 1.82) is 0 Å². The summed E-state index contributed by atoms with van der Waals surface area (Å²) in [5.74, 6) is -18.4. The summed E-state index contributed by atoms with van der Waals surface area (Å²) >= 11 is 18.2. The molecule has 0 aliphatic carbocycles. The molecular formula is C68H68F8N8O32P4S4. The second-order valence-corrected chi connectivity index (χ2v) is 35.2. The van der Waals surface area contributed by atoms with Crippen molar-refractivity contribution in [3.8, 4) is 23.0 Å². The highest BCUT2D eigenvalue weighted by Gasteiger charge is 2.62. The molecule has 8 aliphatic heterocycles. The number of halogens is 8. The van der Waals surface area contributed by atoms with Crippen LogP contribution in [0.3, 0.4) is 0 Å². The number of phosphoric ester groups is 4. The number of aliphatic hydroxyl groups is 8. The topological polar surface area (TPSA) is 529 Å². The van der Waals surface area contributed by atoms with Crippen molar-refractivity contribution in [2.75, 3.05) is 26.3 Å². The van der Waals surface area contributed by atoms with Crippen LogP contribution in [0, 0.1) is 69.5 Å². The number of aryl methyl sites for hydroxylation is 4. The molecule has 672 valence electrons. The van der Waals surface area contributed by atoms with E-state index in [1.807, 2.05) is 19.9 Å². The third-order valence-corrected chi connectivity index (χ3v) is 24.8. The zero-order valence-corrected chi connectivity index (χ0v) is 69.7. The Morgan fingerprint density at radius 2 is 0.645 bits per heavy atom. The fourth-order valence-electron chi connectivity index (χ4n) is 12.2. The van der Waals surface area contributed by atoms with E-state index >= 15 is 17.6 Å². The van der Waals surface area contributed by atoms with Gasteiger partial charge < -0.3 is 77.9 Å². The molecule has 4 aromatic carbocycles. The Hall–Kier alpha value is -7.96. The number of aromatic amines is 4. The van der Waals surface area contributed by atoms with Gasteiger partial charge in [0.15, 0.2) is 48.1 Å². The van der Waals surface area contributed by atoms with Crippen LogP contribution in [0.1, 0.15) is 77.6 Å². The van der Waals surface area contributed by atoms with E-state index in [-0.39, 0.29) is 58.6 Å². The molecular weight excluding hydrogens is 1840 g/mol. The first kappa shape index (κ1) is 85.5. The monoisotopic (exact) mass is 1920 g/mol. The summed E-state index contributed by atoms with van der Waals surface area (Å²) in [6.07, 6.45) is -28.0. The molecule has 4 unspecified atom stereocenters. The van der Waals surface area contributed by atoms with E-state index in [4.69, 9.17) is 76.7 Å². The van der Waals surface area contributed by atoms with Crippen molar-refractivity contribution in [2.24, 2.45) is 0 Å². The van der Waals surface area contributed by atoms with E-state index in [0.717, 1.165) is 0 Å².